The quantitative estimate of drug-likeness (QED) is 0.869. The van der Waals surface area contributed by atoms with E-state index in [9.17, 15) is 4.79 Å². The number of hydrogen-bond acceptors (Lipinski definition) is 4. The van der Waals surface area contributed by atoms with Gasteiger partial charge in [0.25, 0.3) is 5.56 Å². The first kappa shape index (κ1) is 14.9. The summed E-state index contributed by atoms with van der Waals surface area (Å²) >= 11 is 4.55. The third kappa shape index (κ3) is 3.28. The Morgan fingerprint density at radius 2 is 1.86 bits per heavy atom. The van der Waals surface area contributed by atoms with Crippen molar-refractivity contribution in [3.8, 4) is 0 Å². The van der Waals surface area contributed by atoms with Crippen LogP contribution in [0.1, 0.15) is 44.9 Å². The molecule has 1 aromatic rings. The highest BCUT2D eigenvalue weighted by Gasteiger charge is 2.31. The predicted molar refractivity (Wildman–Crippen MR) is 89.3 cm³/mol. The van der Waals surface area contributed by atoms with E-state index >= 15 is 0 Å². The van der Waals surface area contributed by atoms with Gasteiger partial charge in [-0.25, -0.2) is 4.68 Å². The van der Waals surface area contributed by atoms with Crippen LogP contribution in [0.5, 0.6) is 0 Å². The molecule has 0 bridgehead atoms. The molecule has 0 amide bonds. The Kier molecular flexibility index (Phi) is 4.57. The van der Waals surface area contributed by atoms with Crippen LogP contribution >= 0.6 is 12.6 Å². The van der Waals surface area contributed by atoms with E-state index in [1.54, 1.807) is 10.7 Å². The Labute approximate surface area is 131 Å². The van der Waals surface area contributed by atoms with Crippen LogP contribution in [0.2, 0.25) is 0 Å². The average Bonchev–Trinajstić information content (AvgIpc) is 3.05. The second kappa shape index (κ2) is 6.42. The molecule has 0 N–H and O–H groups in total. The molecule has 21 heavy (non-hydrogen) atoms. The smallest absolute Gasteiger partial charge is 0.268 e. The highest BCUT2D eigenvalue weighted by atomic mass is 32.1. The van der Waals surface area contributed by atoms with Crippen LogP contribution in [0.15, 0.2) is 17.1 Å². The maximum atomic E-state index is 12.4. The van der Waals surface area contributed by atoms with Gasteiger partial charge in [0.1, 0.15) is 0 Å². The molecule has 2 heterocycles. The number of rotatable bonds is 4. The van der Waals surface area contributed by atoms with Crippen LogP contribution in [0, 0.1) is 5.41 Å². The van der Waals surface area contributed by atoms with Crippen LogP contribution in [-0.2, 0) is 6.54 Å². The van der Waals surface area contributed by atoms with Crippen molar-refractivity contribution in [2.75, 3.05) is 23.7 Å². The zero-order valence-corrected chi connectivity index (χ0v) is 13.5. The SMILES string of the molecule is O=c1cc(N2CCCC2)cnn1CC1(CS)CCCCC1. The van der Waals surface area contributed by atoms with E-state index in [1.807, 2.05) is 6.20 Å². The average molecular weight is 307 g/mol. The second-order valence-electron chi connectivity index (χ2n) is 6.62. The molecule has 3 rings (SSSR count). The molecule has 1 saturated carbocycles. The molecule has 0 radical (unpaired) electrons. The van der Waals surface area contributed by atoms with E-state index < -0.39 is 0 Å². The van der Waals surface area contributed by atoms with Gasteiger partial charge in [0.05, 0.1) is 18.4 Å². The lowest BCUT2D eigenvalue weighted by molar-refractivity contribution is 0.179. The topological polar surface area (TPSA) is 38.1 Å². The first-order valence-corrected chi connectivity index (χ1v) is 8.79. The number of nitrogens with zero attached hydrogens (tertiary/aromatic N) is 3. The Balaban J connectivity index is 1.77. The van der Waals surface area contributed by atoms with E-state index in [4.69, 9.17) is 0 Å². The summed E-state index contributed by atoms with van der Waals surface area (Å²) < 4.78 is 1.65. The van der Waals surface area contributed by atoms with E-state index in [2.05, 4.69) is 22.6 Å². The van der Waals surface area contributed by atoms with Gasteiger partial charge >= 0.3 is 0 Å². The van der Waals surface area contributed by atoms with Crippen LogP contribution in [-0.4, -0.2) is 28.6 Å². The van der Waals surface area contributed by atoms with Crippen molar-refractivity contribution in [3.05, 3.63) is 22.6 Å². The summed E-state index contributed by atoms with van der Waals surface area (Å²) in [6, 6.07) is 1.76. The zero-order chi connectivity index (χ0) is 14.7. The summed E-state index contributed by atoms with van der Waals surface area (Å²) in [7, 11) is 0. The third-order valence-electron chi connectivity index (χ3n) is 5.06. The summed E-state index contributed by atoms with van der Waals surface area (Å²) in [5.74, 6) is 0.842. The lowest BCUT2D eigenvalue weighted by atomic mass is 9.75. The summed E-state index contributed by atoms with van der Waals surface area (Å²) in [6.45, 7) is 2.81. The molecular formula is C16H25N3OS. The van der Waals surface area contributed by atoms with Gasteiger partial charge in [-0.15, -0.1) is 0 Å². The molecule has 2 aliphatic rings. The Hall–Kier alpha value is -0.970. The second-order valence-corrected chi connectivity index (χ2v) is 6.94. The first-order chi connectivity index (χ1) is 10.2. The summed E-state index contributed by atoms with van der Waals surface area (Å²) in [5.41, 5.74) is 1.18. The Morgan fingerprint density at radius 1 is 1.14 bits per heavy atom. The number of thiol groups is 1. The maximum Gasteiger partial charge on any atom is 0.268 e. The monoisotopic (exact) mass is 307 g/mol. The van der Waals surface area contributed by atoms with E-state index in [0.29, 0.717) is 0 Å². The lowest BCUT2D eigenvalue weighted by Crippen LogP contribution is -2.37. The van der Waals surface area contributed by atoms with Gasteiger partial charge in [-0.05, 0) is 36.9 Å². The van der Waals surface area contributed by atoms with Crippen LogP contribution in [0.4, 0.5) is 5.69 Å². The third-order valence-corrected chi connectivity index (χ3v) is 5.73. The van der Waals surface area contributed by atoms with Gasteiger partial charge in [-0.1, -0.05) is 19.3 Å². The highest BCUT2D eigenvalue weighted by molar-refractivity contribution is 7.80. The van der Waals surface area contributed by atoms with Gasteiger partial charge in [-0.3, -0.25) is 4.79 Å². The minimum absolute atomic E-state index is 0.0335. The summed E-state index contributed by atoms with van der Waals surface area (Å²) in [5, 5.41) is 4.44. The van der Waals surface area contributed by atoms with Gasteiger partial charge in [0, 0.05) is 19.2 Å². The van der Waals surface area contributed by atoms with Gasteiger partial charge in [0.15, 0.2) is 0 Å². The minimum Gasteiger partial charge on any atom is -0.370 e. The fourth-order valence-electron chi connectivity index (χ4n) is 3.68. The van der Waals surface area contributed by atoms with Crippen molar-refractivity contribution >= 4 is 18.3 Å². The highest BCUT2D eigenvalue weighted by Crippen LogP contribution is 2.38. The molecule has 116 valence electrons. The number of hydrogen-bond donors (Lipinski definition) is 1. The largest absolute Gasteiger partial charge is 0.370 e. The van der Waals surface area contributed by atoms with Crippen molar-refractivity contribution in [2.24, 2.45) is 5.41 Å². The molecule has 0 atom stereocenters. The van der Waals surface area contributed by atoms with Crippen molar-refractivity contribution < 1.29 is 0 Å². The van der Waals surface area contributed by atoms with Crippen LogP contribution in [0.3, 0.4) is 0 Å². The number of anilines is 1. The van der Waals surface area contributed by atoms with Crippen LogP contribution < -0.4 is 10.5 Å². The van der Waals surface area contributed by atoms with Gasteiger partial charge in [-0.2, -0.15) is 17.7 Å². The maximum absolute atomic E-state index is 12.4. The molecule has 1 aromatic heterocycles. The lowest BCUT2D eigenvalue weighted by Gasteiger charge is -2.36. The molecule has 1 aliphatic carbocycles. The Bertz CT molecular complexity index is 531. The molecular weight excluding hydrogens is 282 g/mol. The first-order valence-electron chi connectivity index (χ1n) is 8.15. The molecule has 4 nitrogen and oxygen atoms in total. The fraction of sp³-hybridized carbons (Fsp3) is 0.750. The standard InChI is InChI=1S/C16H25N3OS/c20-15-10-14(18-8-4-5-9-18)11-17-19(15)12-16(13-21)6-2-1-3-7-16/h10-11,21H,1-9,12-13H2. The minimum atomic E-state index is 0.0335. The van der Waals surface area contributed by atoms with Crippen LogP contribution in [0.25, 0.3) is 0 Å². The van der Waals surface area contributed by atoms with Gasteiger partial charge < -0.3 is 4.90 Å². The van der Waals surface area contributed by atoms with E-state index in [0.717, 1.165) is 31.1 Å². The zero-order valence-electron chi connectivity index (χ0n) is 12.6. The molecule has 0 unspecified atom stereocenters. The number of aromatic nitrogens is 2. The van der Waals surface area contributed by atoms with E-state index in [1.165, 1.54) is 44.9 Å². The Morgan fingerprint density at radius 3 is 2.48 bits per heavy atom. The predicted octanol–water partition coefficient (Wildman–Crippen LogP) is 2.72. The molecule has 0 spiro atoms. The summed E-state index contributed by atoms with van der Waals surface area (Å²) in [6.07, 6.45) is 10.4. The van der Waals surface area contributed by atoms with Gasteiger partial charge in [0.2, 0.25) is 0 Å². The molecule has 5 heteroatoms. The fourth-order valence-corrected chi connectivity index (χ4v) is 4.09. The van der Waals surface area contributed by atoms with Crippen molar-refractivity contribution in [3.63, 3.8) is 0 Å². The summed E-state index contributed by atoms with van der Waals surface area (Å²) in [4.78, 5) is 14.6. The van der Waals surface area contributed by atoms with Crippen molar-refractivity contribution in [1.29, 1.82) is 0 Å². The molecule has 2 fully saturated rings. The van der Waals surface area contributed by atoms with E-state index in [-0.39, 0.29) is 11.0 Å². The molecule has 1 saturated heterocycles. The van der Waals surface area contributed by atoms with Crippen molar-refractivity contribution in [2.45, 2.75) is 51.5 Å². The van der Waals surface area contributed by atoms with Crippen molar-refractivity contribution in [1.82, 2.24) is 9.78 Å². The molecule has 1 aliphatic heterocycles. The normalized spacial score (nSPS) is 21.7. The molecule has 0 aromatic carbocycles.